The van der Waals surface area contributed by atoms with Crippen molar-refractivity contribution in [2.24, 2.45) is 5.41 Å². The summed E-state index contributed by atoms with van der Waals surface area (Å²) in [5, 5.41) is 0. The van der Waals surface area contributed by atoms with E-state index in [-0.39, 0.29) is 0 Å². The molecule has 1 fully saturated rings. The largest absolute Gasteiger partial charge is 0.355 e. The fourth-order valence-corrected chi connectivity index (χ4v) is 1.28. The number of hydrogen-bond donors (Lipinski definition) is 0. The molecule has 1 saturated heterocycles. The van der Waals surface area contributed by atoms with Crippen molar-refractivity contribution in [1.29, 1.82) is 0 Å². The molecule has 1 aliphatic heterocycles. The van der Waals surface area contributed by atoms with Crippen molar-refractivity contribution in [2.75, 3.05) is 20.0 Å². The van der Waals surface area contributed by atoms with Crippen LogP contribution >= 0.6 is 0 Å². The summed E-state index contributed by atoms with van der Waals surface area (Å²) in [7, 11) is 0. The Labute approximate surface area is 62.5 Å². The van der Waals surface area contributed by atoms with Crippen molar-refractivity contribution in [1.82, 2.24) is 0 Å². The molecule has 0 radical (unpaired) electrons. The van der Waals surface area contributed by atoms with Crippen LogP contribution in [0.25, 0.3) is 0 Å². The molecule has 0 saturated carbocycles. The summed E-state index contributed by atoms with van der Waals surface area (Å²) in [5.74, 6) is 0. The van der Waals surface area contributed by atoms with Gasteiger partial charge in [0.1, 0.15) is 6.79 Å². The van der Waals surface area contributed by atoms with E-state index in [1.54, 1.807) is 0 Å². The summed E-state index contributed by atoms with van der Waals surface area (Å²) in [4.78, 5) is 0. The van der Waals surface area contributed by atoms with Crippen LogP contribution in [0.15, 0.2) is 0 Å². The van der Waals surface area contributed by atoms with Gasteiger partial charge >= 0.3 is 0 Å². The summed E-state index contributed by atoms with van der Waals surface area (Å²) >= 11 is 0. The first-order valence-electron chi connectivity index (χ1n) is 3.98. The van der Waals surface area contributed by atoms with Crippen molar-refractivity contribution in [3.63, 3.8) is 0 Å². The molecular formula is C8H16O2. The molecule has 0 aromatic heterocycles. The van der Waals surface area contributed by atoms with E-state index in [1.807, 2.05) is 0 Å². The Morgan fingerprint density at radius 1 is 1.10 bits per heavy atom. The third-order valence-corrected chi connectivity index (χ3v) is 2.48. The highest BCUT2D eigenvalue weighted by Crippen LogP contribution is 2.29. The lowest BCUT2D eigenvalue weighted by atomic mass is 9.84. The Morgan fingerprint density at radius 2 is 1.60 bits per heavy atom. The SMILES string of the molecule is CCC1(CC)COCOC1. The molecule has 0 aliphatic carbocycles. The van der Waals surface area contributed by atoms with Crippen LogP contribution in [-0.4, -0.2) is 20.0 Å². The van der Waals surface area contributed by atoms with Gasteiger partial charge in [0, 0.05) is 5.41 Å². The predicted octanol–water partition coefficient (Wildman–Crippen LogP) is 1.80. The second kappa shape index (κ2) is 3.35. The standard InChI is InChI=1S/C8H16O2/c1-3-8(4-2)5-9-7-10-6-8/h3-7H2,1-2H3. The average Bonchev–Trinajstić information content (AvgIpc) is 2.06. The van der Waals surface area contributed by atoms with Gasteiger partial charge in [-0.2, -0.15) is 0 Å². The van der Waals surface area contributed by atoms with E-state index in [2.05, 4.69) is 13.8 Å². The molecule has 1 rings (SSSR count). The first-order chi connectivity index (χ1) is 4.83. The van der Waals surface area contributed by atoms with Crippen molar-refractivity contribution >= 4 is 0 Å². The van der Waals surface area contributed by atoms with E-state index >= 15 is 0 Å². The van der Waals surface area contributed by atoms with E-state index < -0.39 is 0 Å². The van der Waals surface area contributed by atoms with Gasteiger partial charge in [0.05, 0.1) is 13.2 Å². The first-order valence-corrected chi connectivity index (χ1v) is 3.98. The van der Waals surface area contributed by atoms with E-state index in [0.29, 0.717) is 12.2 Å². The highest BCUT2D eigenvalue weighted by Gasteiger charge is 2.29. The normalized spacial score (nSPS) is 24.6. The number of ether oxygens (including phenoxy) is 2. The molecule has 0 spiro atoms. The zero-order chi connectivity index (χ0) is 7.45. The molecular weight excluding hydrogens is 128 g/mol. The smallest absolute Gasteiger partial charge is 0.146 e. The molecule has 10 heavy (non-hydrogen) atoms. The summed E-state index contributed by atoms with van der Waals surface area (Å²) < 4.78 is 10.5. The van der Waals surface area contributed by atoms with Crippen LogP contribution in [0.1, 0.15) is 26.7 Å². The lowest BCUT2D eigenvalue weighted by molar-refractivity contribution is -0.166. The van der Waals surface area contributed by atoms with E-state index in [1.165, 1.54) is 0 Å². The Hall–Kier alpha value is -0.0800. The molecule has 2 nitrogen and oxygen atoms in total. The maximum absolute atomic E-state index is 5.24. The zero-order valence-corrected chi connectivity index (χ0v) is 6.85. The molecule has 0 N–H and O–H groups in total. The maximum atomic E-state index is 5.24. The van der Waals surface area contributed by atoms with Crippen molar-refractivity contribution in [3.05, 3.63) is 0 Å². The summed E-state index contributed by atoms with van der Waals surface area (Å²) in [5.41, 5.74) is 0.318. The van der Waals surface area contributed by atoms with Crippen LogP contribution in [0.2, 0.25) is 0 Å². The monoisotopic (exact) mass is 144 g/mol. The fraction of sp³-hybridized carbons (Fsp3) is 1.00. The molecule has 2 heteroatoms. The molecule has 0 aromatic rings. The molecule has 0 atom stereocenters. The van der Waals surface area contributed by atoms with Gasteiger partial charge in [0.2, 0.25) is 0 Å². The van der Waals surface area contributed by atoms with Gasteiger partial charge in [-0.1, -0.05) is 13.8 Å². The van der Waals surface area contributed by atoms with Gasteiger partial charge < -0.3 is 9.47 Å². The minimum Gasteiger partial charge on any atom is -0.355 e. The second-order valence-corrected chi connectivity index (χ2v) is 3.02. The molecule has 60 valence electrons. The molecule has 1 aliphatic rings. The van der Waals surface area contributed by atoms with Crippen LogP contribution in [0.3, 0.4) is 0 Å². The minimum absolute atomic E-state index is 0.318. The molecule has 0 aromatic carbocycles. The molecule has 0 amide bonds. The number of hydrogen-bond acceptors (Lipinski definition) is 2. The van der Waals surface area contributed by atoms with Gasteiger partial charge in [0.15, 0.2) is 0 Å². The quantitative estimate of drug-likeness (QED) is 0.588. The summed E-state index contributed by atoms with van der Waals surface area (Å²) in [6.45, 7) is 6.63. The van der Waals surface area contributed by atoms with E-state index in [9.17, 15) is 0 Å². The van der Waals surface area contributed by atoms with E-state index in [4.69, 9.17) is 9.47 Å². The molecule has 1 heterocycles. The minimum atomic E-state index is 0.318. The molecule has 0 unspecified atom stereocenters. The van der Waals surface area contributed by atoms with Crippen molar-refractivity contribution in [3.8, 4) is 0 Å². The van der Waals surface area contributed by atoms with Crippen molar-refractivity contribution < 1.29 is 9.47 Å². The lowest BCUT2D eigenvalue weighted by Crippen LogP contribution is -2.36. The second-order valence-electron chi connectivity index (χ2n) is 3.02. The highest BCUT2D eigenvalue weighted by molar-refractivity contribution is 4.76. The Bertz CT molecular complexity index is 89.4. The van der Waals surface area contributed by atoms with Gasteiger partial charge in [-0.15, -0.1) is 0 Å². The molecule has 0 bridgehead atoms. The topological polar surface area (TPSA) is 18.5 Å². The summed E-state index contributed by atoms with van der Waals surface area (Å²) in [6, 6.07) is 0. The third-order valence-electron chi connectivity index (χ3n) is 2.48. The lowest BCUT2D eigenvalue weighted by Gasteiger charge is -2.34. The predicted molar refractivity (Wildman–Crippen MR) is 39.8 cm³/mol. The number of rotatable bonds is 2. The summed E-state index contributed by atoms with van der Waals surface area (Å²) in [6.07, 6.45) is 2.31. The Morgan fingerprint density at radius 3 is 1.90 bits per heavy atom. The Kier molecular flexibility index (Phi) is 2.69. The van der Waals surface area contributed by atoms with Crippen LogP contribution in [-0.2, 0) is 9.47 Å². The maximum Gasteiger partial charge on any atom is 0.146 e. The Balaban J connectivity index is 2.44. The van der Waals surface area contributed by atoms with Gasteiger partial charge in [-0.05, 0) is 12.8 Å². The van der Waals surface area contributed by atoms with Crippen LogP contribution in [0, 0.1) is 5.41 Å². The van der Waals surface area contributed by atoms with Gasteiger partial charge in [-0.25, -0.2) is 0 Å². The van der Waals surface area contributed by atoms with E-state index in [0.717, 1.165) is 26.1 Å². The average molecular weight is 144 g/mol. The van der Waals surface area contributed by atoms with Gasteiger partial charge in [-0.3, -0.25) is 0 Å². The van der Waals surface area contributed by atoms with Gasteiger partial charge in [0.25, 0.3) is 0 Å². The third kappa shape index (κ3) is 1.50. The highest BCUT2D eigenvalue weighted by atomic mass is 16.7. The van der Waals surface area contributed by atoms with Crippen LogP contribution in [0.5, 0.6) is 0 Å². The fourth-order valence-electron chi connectivity index (χ4n) is 1.28. The van der Waals surface area contributed by atoms with Crippen LogP contribution in [0.4, 0.5) is 0 Å². The zero-order valence-electron chi connectivity index (χ0n) is 6.85. The first kappa shape index (κ1) is 8.02. The van der Waals surface area contributed by atoms with Crippen molar-refractivity contribution in [2.45, 2.75) is 26.7 Å². The van der Waals surface area contributed by atoms with Crippen LogP contribution < -0.4 is 0 Å².